The summed E-state index contributed by atoms with van der Waals surface area (Å²) in [6.45, 7) is 0. The molecule has 0 heterocycles. The molecule has 2 aromatic rings. The largest absolute Gasteiger partial charge is 0.478 e. The van der Waals surface area contributed by atoms with Crippen molar-refractivity contribution in [3.8, 4) is 5.75 Å². The summed E-state index contributed by atoms with van der Waals surface area (Å²) >= 11 is 3.35. The molecular formula is C15H13BrO3. The Kier molecular flexibility index (Phi) is 4.58. The van der Waals surface area contributed by atoms with E-state index in [-0.39, 0.29) is 0 Å². The SMILES string of the molecule is O=C(O)[C@H](Cc1ccc(Br)cc1)Oc1ccccc1. The van der Waals surface area contributed by atoms with E-state index in [9.17, 15) is 9.90 Å². The fourth-order valence-electron chi connectivity index (χ4n) is 1.68. The number of hydrogen-bond acceptors (Lipinski definition) is 2. The number of rotatable bonds is 5. The van der Waals surface area contributed by atoms with E-state index < -0.39 is 12.1 Å². The van der Waals surface area contributed by atoms with Gasteiger partial charge in [0.1, 0.15) is 5.75 Å². The number of carbonyl (C=O) groups is 1. The molecule has 0 bridgehead atoms. The minimum Gasteiger partial charge on any atom is -0.478 e. The summed E-state index contributed by atoms with van der Waals surface area (Å²) in [5.41, 5.74) is 0.923. The van der Waals surface area contributed by atoms with Crippen LogP contribution in [0.1, 0.15) is 5.56 Å². The summed E-state index contributed by atoms with van der Waals surface area (Å²) in [5.74, 6) is -0.404. The Bertz CT molecular complexity index is 537. The van der Waals surface area contributed by atoms with Crippen molar-refractivity contribution in [1.82, 2.24) is 0 Å². The van der Waals surface area contributed by atoms with E-state index in [4.69, 9.17) is 4.74 Å². The zero-order valence-electron chi connectivity index (χ0n) is 10.1. The van der Waals surface area contributed by atoms with Gasteiger partial charge in [-0.2, -0.15) is 0 Å². The average molecular weight is 321 g/mol. The lowest BCUT2D eigenvalue weighted by Gasteiger charge is -2.15. The second kappa shape index (κ2) is 6.38. The zero-order valence-corrected chi connectivity index (χ0v) is 11.7. The summed E-state index contributed by atoms with van der Waals surface area (Å²) in [4.78, 5) is 11.2. The standard InChI is InChI=1S/C15H13BrO3/c16-12-8-6-11(7-9-12)10-14(15(17)18)19-13-4-2-1-3-5-13/h1-9,14H,10H2,(H,17,18)/t14-/m0/s1. The second-order valence-electron chi connectivity index (χ2n) is 4.09. The van der Waals surface area contributed by atoms with Crippen LogP contribution >= 0.6 is 15.9 Å². The highest BCUT2D eigenvalue weighted by Crippen LogP contribution is 2.16. The van der Waals surface area contributed by atoms with Crippen LogP contribution in [0.4, 0.5) is 0 Å². The van der Waals surface area contributed by atoms with Crippen molar-refractivity contribution >= 4 is 21.9 Å². The van der Waals surface area contributed by atoms with E-state index >= 15 is 0 Å². The first-order valence-electron chi connectivity index (χ1n) is 5.84. The van der Waals surface area contributed by atoms with Crippen molar-refractivity contribution in [1.29, 1.82) is 0 Å². The molecule has 0 spiro atoms. The zero-order chi connectivity index (χ0) is 13.7. The number of halogens is 1. The number of hydrogen-bond donors (Lipinski definition) is 1. The monoisotopic (exact) mass is 320 g/mol. The third-order valence-electron chi connectivity index (χ3n) is 2.63. The van der Waals surface area contributed by atoms with Crippen molar-refractivity contribution in [3.05, 3.63) is 64.6 Å². The molecule has 2 aromatic carbocycles. The average Bonchev–Trinajstić information content (AvgIpc) is 2.41. The van der Waals surface area contributed by atoms with Gasteiger partial charge >= 0.3 is 5.97 Å². The molecule has 0 fully saturated rings. The molecule has 0 saturated carbocycles. The Morgan fingerprint density at radius 3 is 2.32 bits per heavy atom. The maximum absolute atomic E-state index is 11.2. The summed E-state index contributed by atoms with van der Waals surface area (Å²) in [5, 5.41) is 9.22. The van der Waals surface area contributed by atoms with Crippen LogP contribution in [0.5, 0.6) is 5.75 Å². The van der Waals surface area contributed by atoms with Crippen molar-refractivity contribution in [2.45, 2.75) is 12.5 Å². The third kappa shape index (κ3) is 4.10. The summed E-state index contributed by atoms with van der Waals surface area (Å²) < 4.78 is 6.46. The molecule has 0 aliphatic rings. The van der Waals surface area contributed by atoms with Crippen LogP contribution in [0, 0.1) is 0 Å². The molecule has 0 amide bonds. The third-order valence-corrected chi connectivity index (χ3v) is 3.16. The van der Waals surface area contributed by atoms with Gasteiger partial charge in [-0.05, 0) is 29.8 Å². The van der Waals surface area contributed by atoms with Crippen LogP contribution in [0.25, 0.3) is 0 Å². The highest BCUT2D eigenvalue weighted by molar-refractivity contribution is 9.10. The number of para-hydroxylation sites is 1. The smallest absolute Gasteiger partial charge is 0.345 e. The van der Waals surface area contributed by atoms with Gasteiger partial charge in [-0.25, -0.2) is 4.79 Å². The maximum Gasteiger partial charge on any atom is 0.345 e. The highest BCUT2D eigenvalue weighted by Gasteiger charge is 2.19. The van der Waals surface area contributed by atoms with Gasteiger partial charge in [0.15, 0.2) is 6.10 Å². The number of benzene rings is 2. The fourth-order valence-corrected chi connectivity index (χ4v) is 1.94. The molecule has 0 saturated heterocycles. The number of carboxylic acids is 1. The van der Waals surface area contributed by atoms with Gasteiger partial charge in [0.2, 0.25) is 0 Å². The van der Waals surface area contributed by atoms with Gasteiger partial charge in [-0.1, -0.05) is 46.3 Å². The Morgan fingerprint density at radius 1 is 1.11 bits per heavy atom. The molecule has 3 nitrogen and oxygen atoms in total. The fraction of sp³-hybridized carbons (Fsp3) is 0.133. The molecule has 98 valence electrons. The molecule has 0 aliphatic heterocycles. The first-order valence-corrected chi connectivity index (χ1v) is 6.63. The van der Waals surface area contributed by atoms with E-state index in [0.717, 1.165) is 10.0 Å². The number of ether oxygens (including phenoxy) is 1. The quantitative estimate of drug-likeness (QED) is 0.916. The van der Waals surface area contributed by atoms with Crippen molar-refractivity contribution < 1.29 is 14.6 Å². The Labute approximate surface area is 120 Å². The van der Waals surface area contributed by atoms with Crippen LogP contribution in [0.15, 0.2) is 59.1 Å². The van der Waals surface area contributed by atoms with Gasteiger partial charge in [-0.15, -0.1) is 0 Å². The maximum atomic E-state index is 11.2. The lowest BCUT2D eigenvalue weighted by atomic mass is 10.1. The number of carboxylic acid groups (broad SMARTS) is 1. The number of aliphatic carboxylic acids is 1. The van der Waals surface area contributed by atoms with E-state index in [1.807, 2.05) is 42.5 Å². The molecule has 0 radical (unpaired) electrons. The molecule has 4 heteroatoms. The second-order valence-corrected chi connectivity index (χ2v) is 5.00. The molecule has 1 atom stereocenters. The summed E-state index contributed by atoms with van der Waals surface area (Å²) in [6.07, 6.45) is -0.555. The lowest BCUT2D eigenvalue weighted by Crippen LogP contribution is -2.29. The van der Waals surface area contributed by atoms with E-state index in [2.05, 4.69) is 15.9 Å². The topological polar surface area (TPSA) is 46.5 Å². The summed E-state index contributed by atoms with van der Waals surface area (Å²) in [7, 11) is 0. The van der Waals surface area contributed by atoms with E-state index in [1.165, 1.54) is 0 Å². The van der Waals surface area contributed by atoms with Crippen molar-refractivity contribution in [2.75, 3.05) is 0 Å². The summed E-state index contributed by atoms with van der Waals surface area (Å²) in [6, 6.07) is 16.5. The van der Waals surface area contributed by atoms with Gasteiger partial charge in [0, 0.05) is 10.9 Å². The van der Waals surface area contributed by atoms with Crippen LogP contribution in [0.2, 0.25) is 0 Å². The highest BCUT2D eigenvalue weighted by atomic mass is 79.9. The molecule has 1 N–H and O–H groups in total. The Hall–Kier alpha value is -1.81. The Balaban J connectivity index is 2.08. The Morgan fingerprint density at radius 2 is 1.74 bits per heavy atom. The van der Waals surface area contributed by atoms with Crippen LogP contribution in [-0.4, -0.2) is 17.2 Å². The van der Waals surface area contributed by atoms with Gasteiger partial charge < -0.3 is 9.84 Å². The predicted molar refractivity (Wildman–Crippen MR) is 76.3 cm³/mol. The molecular weight excluding hydrogens is 308 g/mol. The lowest BCUT2D eigenvalue weighted by molar-refractivity contribution is -0.145. The van der Waals surface area contributed by atoms with E-state index in [0.29, 0.717) is 12.2 Å². The first-order chi connectivity index (χ1) is 9.15. The molecule has 0 aliphatic carbocycles. The first kappa shape index (κ1) is 13.6. The van der Waals surface area contributed by atoms with Gasteiger partial charge in [-0.3, -0.25) is 0 Å². The normalized spacial score (nSPS) is 11.8. The molecule has 19 heavy (non-hydrogen) atoms. The van der Waals surface area contributed by atoms with Crippen LogP contribution in [-0.2, 0) is 11.2 Å². The van der Waals surface area contributed by atoms with Crippen LogP contribution in [0.3, 0.4) is 0 Å². The van der Waals surface area contributed by atoms with Crippen molar-refractivity contribution in [3.63, 3.8) is 0 Å². The van der Waals surface area contributed by atoms with E-state index in [1.54, 1.807) is 12.1 Å². The van der Waals surface area contributed by atoms with Crippen LogP contribution < -0.4 is 4.74 Å². The molecule has 2 rings (SSSR count). The van der Waals surface area contributed by atoms with Gasteiger partial charge in [0.25, 0.3) is 0 Å². The predicted octanol–water partition coefficient (Wildman–Crippen LogP) is 3.52. The van der Waals surface area contributed by atoms with Crippen molar-refractivity contribution in [2.24, 2.45) is 0 Å². The molecule has 0 aromatic heterocycles. The minimum absolute atomic E-state index is 0.331. The molecule has 0 unspecified atom stereocenters. The van der Waals surface area contributed by atoms with Gasteiger partial charge in [0.05, 0.1) is 0 Å². The minimum atomic E-state index is -0.966.